The van der Waals surface area contributed by atoms with E-state index in [1.807, 2.05) is 0 Å². The molecule has 3 N–H and O–H groups in total. The standard InChI is InChI=1S/C23H38N2O5/c1-3-4-7-11-21(26)25-16(2)23(29)24-15-18-17(19-13-14-20(18)30-19)10-8-5-6-9-12-22(27)28/h5,8,16-20H,3-4,6-7,9-15H2,1-2H3,(H,24,29)(H,25,26)(H,27,28)/b8-5-/t16?,17-,18+,19-,20+/m1/s1. The molecule has 0 spiro atoms. The number of carbonyl (C=O) groups excluding carboxylic acids is 2. The van der Waals surface area contributed by atoms with Gasteiger partial charge in [0.05, 0.1) is 12.2 Å². The smallest absolute Gasteiger partial charge is 0.303 e. The van der Waals surface area contributed by atoms with Crippen LogP contribution in [-0.4, -0.2) is 47.7 Å². The van der Waals surface area contributed by atoms with Gasteiger partial charge < -0.3 is 20.5 Å². The fourth-order valence-corrected chi connectivity index (χ4v) is 4.51. The number of amides is 2. The first-order valence-electron chi connectivity index (χ1n) is 11.5. The lowest BCUT2D eigenvalue weighted by molar-refractivity contribution is -0.137. The number of hydrogen-bond donors (Lipinski definition) is 3. The van der Waals surface area contributed by atoms with Crippen LogP contribution in [0.5, 0.6) is 0 Å². The van der Waals surface area contributed by atoms with Crippen LogP contribution in [0.3, 0.4) is 0 Å². The first kappa shape index (κ1) is 24.4. The zero-order valence-electron chi connectivity index (χ0n) is 18.4. The Morgan fingerprint density at radius 1 is 1.07 bits per heavy atom. The van der Waals surface area contributed by atoms with Crippen LogP contribution >= 0.6 is 0 Å². The van der Waals surface area contributed by atoms with E-state index >= 15 is 0 Å². The van der Waals surface area contributed by atoms with Crippen LogP contribution in [0.25, 0.3) is 0 Å². The maximum atomic E-state index is 12.4. The maximum Gasteiger partial charge on any atom is 0.303 e. The van der Waals surface area contributed by atoms with Crippen molar-refractivity contribution in [1.82, 2.24) is 10.6 Å². The van der Waals surface area contributed by atoms with Crippen molar-refractivity contribution in [1.29, 1.82) is 0 Å². The number of aliphatic carboxylic acids is 1. The number of rotatable bonds is 14. The molecule has 2 saturated heterocycles. The molecule has 7 nitrogen and oxygen atoms in total. The van der Waals surface area contributed by atoms with E-state index < -0.39 is 12.0 Å². The summed E-state index contributed by atoms with van der Waals surface area (Å²) in [5, 5.41) is 14.5. The van der Waals surface area contributed by atoms with Gasteiger partial charge in [-0.1, -0.05) is 31.9 Å². The predicted molar refractivity (Wildman–Crippen MR) is 115 cm³/mol. The number of carbonyl (C=O) groups is 3. The lowest BCUT2D eigenvalue weighted by Gasteiger charge is -2.28. The summed E-state index contributed by atoms with van der Waals surface area (Å²) in [4.78, 5) is 34.9. The van der Waals surface area contributed by atoms with Gasteiger partial charge in [-0.05, 0) is 51.4 Å². The molecular formula is C23H38N2O5. The van der Waals surface area contributed by atoms with Gasteiger partial charge in [0.25, 0.3) is 0 Å². The van der Waals surface area contributed by atoms with Crippen LogP contribution < -0.4 is 10.6 Å². The summed E-state index contributed by atoms with van der Waals surface area (Å²) in [7, 11) is 0. The molecule has 2 amide bonds. The highest BCUT2D eigenvalue weighted by Gasteiger charge is 2.48. The van der Waals surface area contributed by atoms with Gasteiger partial charge in [0, 0.05) is 25.3 Å². The van der Waals surface area contributed by atoms with Crippen LogP contribution in [0, 0.1) is 11.8 Å². The van der Waals surface area contributed by atoms with E-state index in [1.54, 1.807) is 6.92 Å². The number of allylic oxidation sites excluding steroid dienone is 2. The molecule has 2 bridgehead atoms. The SMILES string of the molecule is CCCCCC(=O)NC(C)C(=O)NC[C@H]1[C@@H](C/C=C\CCCC(=O)O)[C@H]2CC[C@@H]1O2. The van der Waals surface area contributed by atoms with Gasteiger partial charge in [-0.15, -0.1) is 0 Å². The Kier molecular flexibility index (Phi) is 10.3. The number of fused-ring (bicyclic) bond motifs is 2. The quantitative estimate of drug-likeness (QED) is 0.295. The average molecular weight is 423 g/mol. The van der Waals surface area contributed by atoms with Gasteiger partial charge in [0.1, 0.15) is 6.04 Å². The third-order valence-corrected chi connectivity index (χ3v) is 6.22. The molecule has 0 aromatic carbocycles. The molecule has 7 heteroatoms. The first-order chi connectivity index (χ1) is 14.4. The number of unbranched alkanes of at least 4 members (excludes halogenated alkanes) is 3. The lowest BCUT2D eigenvalue weighted by atomic mass is 9.77. The molecule has 0 aromatic heterocycles. The van der Waals surface area contributed by atoms with Crippen LogP contribution in [0.4, 0.5) is 0 Å². The second-order valence-electron chi connectivity index (χ2n) is 8.60. The van der Waals surface area contributed by atoms with Gasteiger partial charge in [0.2, 0.25) is 11.8 Å². The van der Waals surface area contributed by atoms with E-state index in [0.717, 1.165) is 44.9 Å². The number of carboxylic acids is 1. The van der Waals surface area contributed by atoms with E-state index in [9.17, 15) is 14.4 Å². The minimum Gasteiger partial charge on any atom is -0.481 e. The van der Waals surface area contributed by atoms with E-state index in [1.165, 1.54) is 0 Å². The van der Waals surface area contributed by atoms with Gasteiger partial charge >= 0.3 is 5.97 Å². The molecule has 0 aliphatic carbocycles. The summed E-state index contributed by atoms with van der Waals surface area (Å²) in [6.45, 7) is 4.38. The zero-order valence-corrected chi connectivity index (χ0v) is 18.4. The van der Waals surface area contributed by atoms with E-state index in [2.05, 4.69) is 29.7 Å². The minimum absolute atomic E-state index is 0.0692. The summed E-state index contributed by atoms with van der Waals surface area (Å²) in [6, 6.07) is -0.536. The molecule has 2 rings (SSSR count). The molecule has 0 radical (unpaired) electrons. The Morgan fingerprint density at radius 3 is 2.50 bits per heavy atom. The highest BCUT2D eigenvalue weighted by molar-refractivity contribution is 5.87. The highest BCUT2D eigenvalue weighted by Crippen LogP contribution is 2.44. The summed E-state index contributed by atoms with van der Waals surface area (Å²) < 4.78 is 6.09. The molecule has 170 valence electrons. The summed E-state index contributed by atoms with van der Waals surface area (Å²) in [5.74, 6) is -0.320. The van der Waals surface area contributed by atoms with E-state index in [-0.39, 0.29) is 36.4 Å². The van der Waals surface area contributed by atoms with Crippen LogP contribution in [0.15, 0.2) is 12.2 Å². The molecule has 1 unspecified atom stereocenters. The van der Waals surface area contributed by atoms with Crippen LogP contribution in [0.1, 0.15) is 78.1 Å². The Bertz CT molecular complexity index is 606. The zero-order chi connectivity index (χ0) is 21.9. The average Bonchev–Trinajstić information content (AvgIpc) is 3.30. The van der Waals surface area contributed by atoms with Crippen molar-refractivity contribution in [2.24, 2.45) is 11.8 Å². The second kappa shape index (κ2) is 12.7. The number of nitrogens with one attached hydrogen (secondary N) is 2. The number of hydrogen-bond acceptors (Lipinski definition) is 4. The Labute approximate surface area is 180 Å². The largest absolute Gasteiger partial charge is 0.481 e. The van der Waals surface area contributed by atoms with Gasteiger partial charge in [-0.25, -0.2) is 0 Å². The van der Waals surface area contributed by atoms with Gasteiger partial charge in [0.15, 0.2) is 0 Å². The fraction of sp³-hybridized carbons (Fsp3) is 0.783. The molecule has 5 atom stereocenters. The van der Waals surface area contributed by atoms with Gasteiger partial charge in [-0.2, -0.15) is 0 Å². The normalized spacial score (nSPS) is 26.1. The number of ether oxygens (including phenoxy) is 1. The van der Waals surface area contributed by atoms with Crippen molar-refractivity contribution in [3.05, 3.63) is 12.2 Å². The molecule has 0 aromatic rings. The summed E-state index contributed by atoms with van der Waals surface area (Å²) in [5.41, 5.74) is 0. The molecule has 2 heterocycles. The topological polar surface area (TPSA) is 105 Å². The second-order valence-corrected chi connectivity index (χ2v) is 8.60. The maximum absolute atomic E-state index is 12.4. The van der Waals surface area contributed by atoms with E-state index in [0.29, 0.717) is 25.3 Å². The van der Waals surface area contributed by atoms with Crippen molar-refractivity contribution in [3.8, 4) is 0 Å². The third-order valence-electron chi connectivity index (χ3n) is 6.22. The molecular weight excluding hydrogens is 384 g/mol. The first-order valence-corrected chi connectivity index (χ1v) is 11.5. The van der Waals surface area contributed by atoms with Crippen LogP contribution in [0.2, 0.25) is 0 Å². The summed E-state index contributed by atoms with van der Waals surface area (Å²) in [6.07, 6.45) is 12.6. The van der Waals surface area contributed by atoms with Crippen molar-refractivity contribution in [2.75, 3.05) is 6.54 Å². The van der Waals surface area contributed by atoms with Gasteiger partial charge in [-0.3, -0.25) is 14.4 Å². The molecule has 0 saturated carbocycles. The van der Waals surface area contributed by atoms with Crippen LogP contribution in [-0.2, 0) is 19.1 Å². The predicted octanol–water partition coefficient (Wildman–Crippen LogP) is 3.18. The highest BCUT2D eigenvalue weighted by atomic mass is 16.5. The fourth-order valence-electron chi connectivity index (χ4n) is 4.51. The van der Waals surface area contributed by atoms with Crippen molar-refractivity contribution in [3.63, 3.8) is 0 Å². The molecule has 30 heavy (non-hydrogen) atoms. The molecule has 2 aliphatic rings. The Morgan fingerprint density at radius 2 is 1.80 bits per heavy atom. The Balaban J connectivity index is 1.74. The van der Waals surface area contributed by atoms with Crippen molar-refractivity contribution >= 4 is 17.8 Å². The van der Waals surface area contributed by atoms with Crippen molar-refractivity contribution < 1.29 is 24.2 Å². The lowest BCUT2D eigenvalue weighted by Crippen LogP contribution is -2.47. The monoisotopic (exact) mass is 422 g/mol. The van der Waals surface area contributed by atoms with E-state index in [4.69, 9.17) is 9.84 Å². The minimum atomic E-state index is -0.757. The Hall–Kier alpha value is -1.89. The third kappa shape index (κ3) is 7.74. The molecule has 2 fully saturated rings. The molecule has 2 aliphatic heterocycles. The summed E-state index contributed by atoms with van der Waals surface area (Å²) >= 11 is 0. The number of carboxylic acid groups (broad SMARTS) is 1. The van der Waals surface area contributed by atoms with Crippen molar-refractivity contribution in [2.45, 2.75) is 96.3 Å².